The molecule has 3 aromatic rings. The first kappa shape index (κ1) is 20.4. The molecule has 0 unspecified atom stereocenters. The Labute approximate surface area is 179 Å². The summed E-state index contributed by atoms with van der Waals surface area (Å²) < 4.78 is 39.7. The van der Waals surface area contributed by atoms with Crippen LogP contribution in [0.15, 0.2) is 64.9 Å². The van der Waals surface area contributed by atoms with Gasteiger partial charge in [-0.15, -0.1) is 11.3 Å². The number of halogens is 1. The third kappa shape index (κ3) is 4.82. The van der Waals surface area contributed by atoms with E-state index in [-0.39, 0.29) is 17.3 Å². The van der Waals surface area contributed by atoms with Crippen molar-refractivity contribution in [2.45, 2.75) is 24.0 Å². The number of fused-ring (bicyclic) bond motifs is 1. The largest absolute Gasteiger partial charge is 0.492 e. The molecular formula is C21H20ClNO4S2. The molecular weight excluding hydrogens is 430 g/mol. The second-order valence-electron chi connectivity index (χ2n) is 6.67. The molecule has 2 heterocycles. The normalized spacial score (nSPS) is 14.8. The Morgan fingerprint density at radius 1 is 1.03 bits per heavy atom. The van der Waals surface area contributed by atoms with Crippen LogP contribution in [0.1, 0.15) is 16.7 Å². The van der Waals surface area contributed by atoms with Crippen molar-refractivity contribution in [3.05, 3.63) is 81.7 Å². The van der Waals surface area contributed by atoms with Crippen molar-refractivity contribution in [3.63, 3.8) is 0 Å². The number of benzene rings is 2. The molecule has 4 rings (SSSR count). The van der Waals surface area contributed by atoms with Gasteiger partial charge in [0.05, 0.1) is 17.6 Å². The van der Waals surface area contributed by atoms with Crippen LogP contribution in [0.4, 0.5) is 0 Å². The summed E-state index contributed by atoms with van der Waals surface area (Å²) in [7, 11) is -3.62. The Morgan fingerprint density at radius 3 is 2.59 bits per heavy atom. The molecule has 0 bridgehead atoms. The summed E-state index contributed by atoms with van der Waals surface area (Å²) >= 11 is 6.99. The maximum absolute atomic E-state index is 13.0. The van der Waals surface area contributed by atoms with Gasteiger partial charge in [-0.25, -0.2) is 8.42 Å². The lowest BCUT2D eigenvalue weighted by atomic mass is 10.1. The Bertz CT molecular complexity index is 1080. The van der Waals surface area contributed by atoms with Gasteiger partial charge in [0.2, 0.25) is 0 Å². The standard InChI is InChI=1S/C21H20ClNO4S2/c22-20-8-9-21(28-20)29(24,25)23-10-11-27-19-7-6-17(12-18(19)13-23)15-26-14-16-4-2-1-3-5-16/h1-9,12H,10-11,13-15H2. The zero-order chi connectivity index (χ0) is 20.3. The van der Waals surface area contributed by atoms with Crippen molar-refractivity contribution < 1.29 is 17.9 Å². The predicted octanol–water partition coefficient (Wildman–Crippen LogP) is 4.70. The highest BCUT2D eigenvalue weighted by Crippen LogP contribution is 2.32. The molecule has 0 radical (unpaired) electrons. The summed E-state index contributed by atoms with van der Waals surface area (Å²) in [6, 6.07) is 18.9. The predicted molar refractivity (Wildman–Crippen MR) is 114 cm³/mol. The molecule has 1 aromatic heterocycles. The lowest BCUT2D eigenvalue weighted by Crippen LogP contribution is -2.32. The van der Waals surface area contributed by atoms with Crippen LogP contribution in [0.25, 0.3) is 0 Å². The van der Waals surface area contributed by atoms with Gasteiger partial charge < -0.3 is 9.47 Å². The van der Waals surface area contributed by atoms with Gasteiger partial charge >= 0.3 is 0 Å². The van der Waals surface area contributed by atoms with Gasteiger partial charge in [-0.3, -0.25) is 0 Å². The van der Waals surface area contributed by atoms with Crippen LogP contribution in [0.5, 0.6) is 5.75 Å². The number of ether oxygens (including phenoxy) is 2. The number of rotatable bonds is 6. The van der Waals surface area contributed by atoms with Crippen molar-refractivity contribution in [2.24, 2.45) is 0 Å². The van der Waals surface area contributed by atoms with E-state index in [0.717, 1.165) is 28.0 Å². The first-order chi connectivity index (χ1) is 14.0. The Kier molecular flexibility index (Phi) is 6.22. The smallest absolute Gasteiger partial charge is 0.253 e. The van der Waals surface area contributed by atoms with E-state index in [1.165, 1.54) is 4.31 Å². The first-order valence-electron chi connectivity index (χ1n) is 9.14. The molecule has 1 aliphatic rings. The number of hydrogen-bond donors (Lipinski definition) is 0. The number of sulfonamides is 1. The molecule has 8 heteroatoms. The minimum Gasteiger partial charge on any atom is -0.492 e. The zero-order valence-electron chi connectivity index (χ0n) is 15.6. The molecule has 0 fully saturated rings. The number of thiophene rings is 1. The molecule has 0 atom stereocenters. The van der Waals surface area contributed by atoms with E-state index in [2.05, 4.69) is 0 Å². The van der Waals surface area contributed by atoms with Gasteiger partial charge in [-0.05, 0) is 35.4 Å². The minimum absolute atomic E-state index is 0.244. The lowest BCUT2D eigenvalue weighted by Gasteiger charge is -2.18. The maximum Gasteiger partial charge on any atom is 0.253 e. The van der Waals surface area contributed by atoms with Crippen LogP contribution in [-0.4, -0.2) is 25.9 Å². The fourth-order valence-corrected chi connectivity index (χ4v) is 6.18. The summed E-state index contributed by atoms with van der Waals surface area (Å²) in [6.45, 7) is 1.80. The molecule has 0 saturated carbocycles. The van der Waals surface area contributed by atoms with Gasteiger partial charge in [0.1, 0.15) is 16.6 Å². The van der Waals surface area contributed by atoms with E-state index in [9.17, 15) is 8.42 Å². The average Bonchev–Trinajstić information content (AvgIpc) is 3.05. The first-order valence-corrected chi connectivity index (χ1v) is 11.8. The summed E-state index contributed by atoms with van der Waals surface area (Å²) in [5.74, 6) is 0.707. The van der Waals surface area contributed by atoms with Crippen molar-refractivity contribution in [1.82, 2.24) is 4.31 Å². The molecule has 0 aliphatic carbocycles. The van der Waals surface area contributed by atoms with Crippen molar-refractivity contribution in [1.29, 1.82) is 0 Å². The molecule has 0 saturated heterocycles. The third-order valence-corrected chi connectivity index (χ3v) is 8.14. The van der Waals surface area contributed by atoms with Crippen molar-refractivity contribution >= 4 is 33.0 Å². The Morgan fingerprint density at radius 2 is 1.83 bits per heavy atom. The fraction of sp³-hybridized carbons (Fsp3) is 0.238. The van der Waals surface area contributed by atoms with Crippen LogP contribution in [-0.2, 0) is 34.5 Å². The van der Waals surface area contributed by atoms with Crippen LogP contribution < -0.4 is 4.74 Å². The quantitative estimate of drug-likeness (QED) is 0.547. The molecule has 29 heavy (non-hydrogen) atoms. The highest BCUT2D eigenvalue weighted by atomic mass is 35.5. The highest BCUT2D eigenvalue weighted by molar-refractivity contribution is 7.91. The van der Waals surface area contributed by atoms with E-state index in [4.69, 9.17) is 21.1 Å². The topological polar surface area (TPSA) is 55.8 Å². The van der Waals surface area contributed by atoms with Crippen molar-refractivity contribution in [2.75, 3.05) is 13.2 Å². The Hall–Kier alpha value is -1.90. The van der Waals surface area contributed by atoms with Gasteiger partial charge in [0, 0.05) is 18.7 Å². The summed E-state index contributed by atoms with van der Waals surface area (Å²) in [4.78, 5) is 0. The van der Waals surface area contributed by atoms with Crippen LogP contribution in [0, 0.1) is 0 Å². The highest BCUT2D eigenvalue weighted by Gasteiger charge is 2.29. The van der Waals surface area contributed by atoms with E-state index in [1.54, 1.807) is 12.1 Å². The molecule has 0 N–H and O–H groups in total. The van der Waals surface area contributed by atoms with E-state index in [0.29, 0.717) is 29.9 Å². The molecule has 1 aliphatic heterocycles. The monoisotopic (exact) mass is 449 g/mol. The van der Waals surface area contributed by atoms with E-state index >= 15 is 0 Å². The van der Waals surface area contributed by atoms with E-state index in [1.807, 2.05) is 48.5 Å². The van der Waals surface area contributed by atoms with Crippen molar-refractivity contribution in [3.8, 4) is 5.75 Å². The molecule has 0 amide bonds. The van der Waals surface area contributed by atoms with Crippen LogP contribution in [0.2, 0.25) is 4.34 Å². The average molecular weight is 450 g/mol. The zero-order valence-corrected chi connectivity index (χ0v) is 18.0. The van der Waals surface area contributed by atoms with E-state index < -0.39 is 10.0 Å². The summed E-state index contributed by atoms with van der Waals surface area (Å²) in [5.41, 5.74) is 2.91. The number of hydrogen-bond acceptors (Lipinski definition) is 5. The minimum atomic E-state index is -3.62. The van der Waals surface area contributed by atoms with Gasteiger partial charge in [0.25, 0.3) is 10.0 Å². The molecule has 0 spiro atoms. The second kappa shape index (κ2) is 8.85. The summed E-state index contributed by atoms with van der Waals surface area (Å²) in [5, 5.41) is 0. The molecule has 2 aromatic carbocycles. The van der Waals surface area contributed by atoms with Gasteiger partial charge in [0.15, 0.2) is 0 Å². The fourth-order valence-electron chi connectivity index (χ4n) is 3.14. The maximum atomic E-state index is 13.0. The molecule has 152 valence electrons. The van der Waals surface area contributed by atoms with Crippen LogP contribution in [0.3, 0.4) is 0 Å². The van der Waals surface area contributed by atoms with Gasteiger partial charge in [-0.2, -0.15) is 4.31 Å². The van der Waals surface area contributed by atoms with Gasteiger partial charge in [-0.1, -0.05) is 48.0 Å². The Balaban J connectivity index is 1.48. The SMILES string of the molecule is O=S(=O)(c1ccc(Cl)s1)N1CCOc2ccc(COCc3ccccc3)cc2C1. The second-order valence-corrected chi connectivity index (χ2v) is 10.5. The number of nitrogens with zero attached hydrogens (tertiary/aromatic N) is 1. The molecule has 5 nitrogen and oxygen atoms in total. The third-order valence-electron chi connectivity index (χ3n) is 4.59. The lowest BCUT2D eigenvalue weighted by molar-refractivity contribution is 0.107. The van der Waals surface area contributed by atoms with Crippen LogP contribution >= 0.6 is 22.9 Å². The summed E-state index contributed by atoms with van der Waals surface area (Å²) in [6.07, 6.45) is 0.